The molecule has 0 aromatic rings. The van der Waals surface area contributed by atoms with Crippen LogP contribution in [0.4, 0.5) is 0 Å². The van der Waals surface area contributed by atoms with Crippen LogP contribution in [-0.2, 0) is 23.7 Å². The van der Waals surface area contributed by atoms with E-state index in [1.807, 2.05) is 0 Å². The summed E-state index contributed by atoms with van der Waals surface area (Å²) < 4.78 is 22.9. The van der Waals surface area contributed by atoms with Crippen molar-refractivity contribution in [3.05, 3.63) is 0 Å². The second-order valence-electron chi connectivity index (χ2n) is 26.8. The van der Waals surface area contributed by atoms with Gasteiger partial charge in [-0.2, -0.15) is 0 Å². The highest BCUT2D eigenvalue weighted by molar-refractivity contribution is 5.76. The Morgan fingerprint density at radius 1 is 0.372 bits per heavy atom. The molecular weight excluding hydrogens is 1090 g/mol. The molecule has 2 rings (SSSR count). The van der Waals surface area contributed by atoms with Gasteiger partial charge in [0.25, 0.3) is 0 Å². The highest BCUT2D eigenvalue weighted by atomic mass is 16.7. The molecular formula is C72H141NO13. The number of unbranched alkanes of at least 4 members (excludes halogenated alkanes) is 50. The maximum atomic E-state index is 13.3. The standard InChI is InChI=1S/C72H141NO13/c1-3-5-7-9-11-13-15-17-18-19-20-21-22-23-24-25-26-27-28-29-30-31-32-33-34-35-36-37-38-39-40-41-42-44-46-48-50-52-54-56-64(77)73-60(61(76)55-53-51-49-47-45-43-16-14-12-10-8-6-4-2)59-83-71-69(82)67(80)70(63(58-75)85-71)86-72-68(81)66(79)65(78)62(57-74)84-72/h60-63,65-72,74-76,78-82H,3-59H2,1-2H3,(H,73,77). The van der Waals surface area contributed by atoms with Crippen LogP contribution in [0.5, 0.6) is 0 Å². The summed E-state index contributed by atoms with van der Waals surface area (Å²) in [4.78, 5) is 13.3. The summed E-state index contributed by atoms with van der Waals surface area (Å²) in [6.45, 7) is 2.91. The average Bonchev–Trinajstić information content (AvgIpc) is 2.76. The summed E-state index contributed by atoms with van der Waals surface area (Å²) in [7, 11) is 0. The zero-order valence-electron chi connectivity index (χ0n) is 55.9. The molecule has 0 spiro atoms. The fourth-order valence-corrected chi connectivity index (χ4v) is 12.9. The molecule has 2 aliphatic rings. The van der Waals surface area contributed by atoms with Crippen molar-refractivity contribution in [3.8, 4) is 0 Å². The van der Waals surface area contributed by atoms with Gasteiger partial charge in [0.15, 0.2) is 12.6 Å². The number of aliphatic hydroxyl groups excluding tert-OH is 8. The van der Waals surface area contributed by atoms with E-state index in [1.165, 1.54) is 283 Å². The minimum atomic E-state index is -1.78. The second kappa shape index (κ2) is 57.9. The van der Waals surface area contributed by atoms with E-state index < -0.39 is 86.8 Å². The van der Waals surface area contributed by atoms with Gasteiger partial charge in [0.1, 0.15) is 48.8 Å². The summed E-state index contributed by atoms with van der Waals surface area (Å²) in [5, 5.41) is 87.4. The molecule has 512 valence electrons. The van der Waals surface area contributed by atoms with Crippen LogP contribution in [0.2, 0.25) is 0 Å². The molecule has 14 nitrogen and oxygen atoms in total. The van der Waals surface area contributed by atoms with Crippen molar-refractivity contribution in [2.45, 2.75) is 434 Å². The summed E-state index contributed by atoms with van der Waals surface area (Å²) in [6, 6.07) is -0.823. The van der Waals surface area contributed by atoms with E-state index in [0.717, 1.165) is 51.4 Å². The Labute approximate surface area is 527 Å². The molecule has 0 bridgehead atoms. The molecule has 2 saturated heterocycles. The average molecular weight is 1230 g/mol. The Kier molecular flexibility index (Phi) is 54.5. The molecule has 0 saturated carbocycles. The molecule has 2 aliphatic heterocycles. The van der Waals surface area contributed by atoms with Gasteiger partial charge in [0.05, 0.1) is 32.0 Å². The zero-order valence-corrected chi connectivity index (χ0v) is 55.9. The third-order valence-electron chi connectivity index (χ3n) is 18.8. The lowest BCUT2D eigenvalue weighted by Gasteiger charge is -2.46. The Morgan fingerprint density at radius 3 is 0.988 bits per heavy atom. The molecule has 1 amide bonds. The molecule has 14 heteroatoms. The van der Waals surface area contributed by atoms with Crippen molar-refractivity contribution >= 4 is 5.91 Å². The van der Waals surface area contributed by atoms with Crippen LogP contribution in [-0.4, -0.2) is 140 Å². The minimum absolute atomic E-state index is 0.198. The number of nitrogens with one attached hydrogen (secondary N) is 1. The van der Waals surface area contributed by atoms with E-state index in [2.05, 4.69) is 19.2 Å². The van der Waals surface area contributed by atoms with Crippen LogP contribution in [0.25, 0.3) is 0 Å². The Hall–Kier alpha value is -1.01. The number of amides is 1. The number of hydrogen-bond acceptors (Lipinski definition) is 13. The highest BCUT2D eigenvalue weighted by Crippen LogP contribution is 2.30. The molecule has 0 aromatic heterocycles. The van der Waals surface area contributed by atoms with E-state index >= 15 is 0 Å². The van der Waals surface area contributed by atoms with Crippen molar-refractivity contribution in [3.63, 3.8) is 0 Å². The van der Waals surface area contributed by atoms with Crippen molar-refractivity contribution < 1.29 is 64.6 Å². The fraction of sp³-hybridized carbons (Fsp3) is 0.986. The van der Waals surface area contributed by atoms with Gasteiger partial charge in [-0.3, -0.25) is 4.79 Å². The molecule has 12 unspecified atom stereocenters. The zero-order chi connectivity index (χ0) is 62.3. The first-order chi connectivity index (χ1) is 42.1. The monoisotopic (exact) mass is 1230 g/mol. The summed E-state index contributed by atoms with van der Waals surface area (Å²) in [5.74, 6) is -0.198. The van der Waals surface area contributed by atoms with E-state index in [4.69, 9.17) is 18.9 Å². The molecule has 0 radical (unpaired) electrons. The lowest BCUT2D eigenvalue weighted by Crippen LogP contribution is -2.65. The molecule has 2 heterocycles. The van der Waals surface area contributed by atoms with Gasteiger partial charge in [-0.1, -0.05) is 341 Å². The van der Waals surface area contributed by atoms with E-state index in [9.17, 15) is 45.6 Å². The molecule has 2 fully saturated rings. The van der Waals surface area contributed by atoms with Crippen LogP contribution in [0.1, 0.15) is 361 Å². The van der Waals surface area contributed by atoms with Gasteiger partial charge in [-0.25, -0.2) is 0 Å². The maximum Gasteiger partial charge on any atom is 0.220 e. The van der Waals surface area contributed by atoms with Crippen molar-refractivity contribution in [2.75, 3.05) is 19.8 Å². The Bertz CT molecular complexity index is 1450. The van der Waals surface area contributed by atoms with Gasteiger partial charge in [-0.15, -0.1) is 0 Å². The fourth-order valence-electron chi connectivity index (χ4n) is 12.9. The third kappa shape index (κ3) is 41.5. The van der Waals surface area contributed by atoms with Crippen molar-refractivity contribution in [1.29, 1.82) is 0 Å². The number of carbonyl (C=O) groups is 1. The van der Waals surface area contributed by atoms with Crippen LogP contribution in [0, 0.1) is 0 Å². The van der Waals surface area contributed by atoms with E-state index in [1.54, 1.807) is 0 Å². The van der Waals surface area contributed by atoms with Gasteiger partial charge >= 0.3 is 0 Å². The van der Waals surface area contributed by atoms with Crippen LogP contribution in [0.3, 0.4) is 0 Å². The first-order valence-corrected chi connectivity index (χ1v) is 37.3. The summed E-state index contributed by atoms with van der Waals surface area (Å²) in [5.41, 5.74) is 0. The van der Waals surface area contributed by atoms with Gasteiger partial charge in [0.2, 0.25) is 5.91 Å². The number of rotatable bonds is 63. The van der Waals surface area contributed by atoms with Gasteiger partial charge in [-0.05, 0) is 12.8 Å². The largest absolute Gasteiger partial charge is 0.394 e. The van der Waals surface area contributed by atoms with Crippen LogP contribution in [0.15, 0.2) is 0 Å². The topological polar surface area (TPSA) is 228 Å². The highest BCUT2D eigenvalue weighted by Gasteiger charge is 2.51. The maximum absolute atomic E-state index is 13.3. The number of ether oxygens (including phenoxy) is 4. The van der Waals surface area contributed by atoms with E-state index in [0.29, 0.717) is 12.8 Å². The summed E-state index contributed by atoms with van der Waals surface area (Å²) >= 11 is 0. The first-order valence-electron chi connectivity index (χ1n) is 37.3. The first kappa shape index (κ1) is 81.1. The lowest BCUT2D eigenvalue weighted by molar-refractivity contribution is -0.359. The lowest BCUT2D eigenvalue weighted by atomic mass is 9.97. The quantitative estimate of drug-likeness (QED) is 0.0259. The molecule has 9 N–H and O–H groups in total. The molecule has 0 aliphatic carbocycles. The number of aliphatic hydroxyl groups is 8. The smallest absolute Gasteiger partial charge is 0.220 e. The molecule has 0 aromatic carbocycles. The molecule has 12 atom stereocenters. The normalized spacial score (nSPS) is 23.3. The number of hydrogen-bond donors (Lipinski definition) is 9. The molecule has 86 heavy (non-hydrogen) atoms. The SMILES string of the molecule is CCCCCCCCCCCCCCCCCCCCCCCCCCCCCCCCCCCCCCCCCC(=O)NC(COC1OC(CO)C(OC2OC(CO)C(O)C(O)C2O)C(O)C1O)C(O)CCCCCCCCCCCCCCC. The predicted molar refractivity (Wildman–Crippen MR) is 351 cm³/mol. The Morgan fingerprint density at radius 2 is 0.663 bits per heavy atom. The predicted octanol–water partition coefficient (Wildman–Crippen LogP) is 15.6. The minimum Gasteiger partial charge on any atom is -0.394 e. The second-order valence-corrected chi connectivity index (χ2v) is 26.8. The van der Waals surface area contributed by atoms with E-state index in [-0.39, 0.29) is 12.5 Å². The van der Waals surface area contributed by atoms with Crippen molar-refractivity contribution in [1.82, 2.24) is 5.32 Å². The van der Waals surface area contributed by atoms with Crippen molar-refractivity contribution in [2.24, 2.45) is 0 Å². The van der Waals surface area contributed by atoms with Crippen LogP contribution < -0.4 is 5.32 Å². The summed E-state index contributed by atoms with van der Waals surface area (Å²) in [6.07, 6.45) is 53.1. The Balaban J connectivity index is 1.52. The van der Waals surface area contributed by atoms with Gasteiger partial charge in [0, 0.05) is 6.42 Å². The van der Waals surface area contributed by atoms with Gasteiger partial charge < -0.3 is 65.1 Å². The number of carbonyl (C=O) groups excluding carboxylic acids is 1. The third-order valence-corrected chi connectivity index (χ3v) is 18.8. The van der Waals surface area contributed by atoms with Crippen LogP contribution >= 0.6 is 0 Å².